The number of alkyl halides is 4. The third-order valence-corrected chi connectivity index (χ3v) is 2.61. The van der Waals surface area contributed by atoms with E-state index in [0.717, 1.165) is 12.2 Å². The first kappa shape index (κ1) is 11.2. The highest BCUT2D eigenvalue weighted by atomic mass is 79.9. The number of hydrogen-bond donors (Lipinski definition) is 0. The van der Waals surface area contributed by atoms with E-state index in [1.54, 1.807) is 0 Å². The SMILES string of the molecule is O=[N+]([O-])C1=CC(C(F)(F)F)C(Br)C=C1. The molecule has 7 heteroatoms. The average molecular weight is 272 g/mol. The normalized spacial score (nSPS) is 27.3. The van der Waals surface area contributed by atoms with Crippen LogP contribution in [0.1, 0.15) is 0 Å². The predicted molar refractivity (Wildman–Crippen MR) is 46.5 cm³/mol. The van der Waals surface area contributed by atoms with E-state index in [1.807, 2.05) is 0 Å². The molecule has 0 aromatic rings. The van der Waals surface area contributed by atoms with Gasteiger partial charge in [0, 0.05) is 17.0 Å². The summed E-state index contributed by atoms with van der Waals surface area (Å²) in [5.41, 5.74) is -0.525. The van der Waals surface area contributed by atoms with Gasteiger partial charge in [-0.05, 0) is 0 Å². The Labute approximate surface area is 85.6 Å². The van der Waals surface area contributed by atoms with Gasteiger partial charge in [-0.1, -0.05) is 22.0 Å². The Kier molecular flexibility index (Phi) is 2.98. The minimum atomic E-state index is -4.47. The van der Waals surface area contributed by atoms with Crippen LogP contribution in [0, 0.1) is 16.0 Å². The molecule has 0 bridgehead atoms. The molecule has 1 aliphatic carbocycles. The Morgan fingerprint density at radius 1 is 1.50 bits per heavy atom. The van der Waals surface area contributed by atoms with Crippen molar-refractivity contribution in [2.75, 3.05) is 0 Å². The molecule has 0 aromatic carbocycles. The van der Waals surface area contributed by atoms with Crippen LogP contribution >= 0.6 is 15.9 Å². The molecular weight excluding hydrogens is 267 g/mol. The minimum absolute atomic E-state index is 0.525. The molecule has 0 aromatic heterocycles. The van der Waals surface area contributed by atoms with E-state index in [0.29, 0.717) is 6.08 Å². The first-order valence-electron chi connectivity index (χ1n) is 3.57. The zero-order valence-electron chi connectivity index (χ0n) is 6.66. The predicted octanol–water partition coefficient (Wildman–Crippen LogP) is 2.66. The van der Waals surface area contributed by atoms with E-state index in [1.165, 1.54) is 0 Å². The van der Waals surface area contributed by atoms with Gasteiger partial charge in [-0.2, -0.15) is 13.2 Å². The summed E-state index contributed by atoms with van der Waals surface area (Å²) >= 11 is 2.79. The number of hydrogen-bond acceptors (Lipinski definition) is 2. The zero-order chi connectivity index (χ0) is 10.9. The molecule has 78 valence electrons. The minimum Gasteiger partial charge on any atom is -0.258 e. The molecule has 1 aliphatic rings. The van der Waals surface area contributed by atoms with Crippen molar-refractivity contribution >= 4 is 15.9 Å². The van der Waals surface area contributed by atoms with Crippen LogP contribution in [0.15, 0.2) is 23.9 Å². The van der Waals surface area contributed by atoms with Crippen molar-refractivity contribution in [1.82, 2.24) is 0 Å². The Balaban J connectivity index is 2.97. The van der Waals surface area contributed by atoms with E-state index in [9.17, 15) is 23.3 Å². The summed E-state index contributed by atoms with van der Waals surface area (Å²) in [6, 6.07) is 0. The second kappa shape index (κ2) is 3.72. The van der Waals surface area contributed by atoms with Crippen LogP contribution in [-0.4, -0.2) is 15.9 Å². The van der Waals surface area contributed by atoms with E-state index >= 15 is 0 Å². The molecular formula is C7H5BrF3NO2. The van der Waals surface area contributed by atoms with Gasteiger partial charge >= 0.3 is 6.18 Å². The van der Waals surface area contributed by atoms with E-state index < -0.39 is 27.5 Å². The largest absolute Gasteiger partial charge is 0.396 e. The molecule has 0 N–H and O–H groups in total. The van der Waals surface area contributed by atoms with Crippen molar-refractivity contribution in [1.29, 1.82) is 0 Å². The van der Waals surface area contributed by atoms with Crippen LogP contribution in [0.5, 0.6) is 0 Å². The Morgan fingerprint density at radius 2 is 2.07 bits per heavy atom. The molecule has 3 nitrogen and oxygen atoms in total. The van der Waals surface area contributed by atoms with Gasteiger partial charge in [-0.15, -0.1) is 0 Å². The zero-order valence-corrected chi connectivity index (χ0v) is 8.25. The third kappa shape index (κ3) is 2.34. The smallest absolute Gasteiger partial charge is 0.258 e. The van der Waals surface area contributed by atoms with E-state index in [4.69, 9.17) is 0 Å². The highest BCUT2D eigenvalue weighted by molar-refractivity contribution is 9.09. The van der Waals surface area contributed by atoms with Gasteiger partial charge in [0.25, 0.3) is 5.70 Å². The maximum Gasteiger partial charge on any atom is 0.396 e. The quantitative estimate of drug-likeness (QED) is 0.418. The molecule has 0 fully saturated rings. The third-order valence-electron chi connectivity index (χ3n) is 1.73. The van der Waals surface area contributed by atoms with Crippen molar-refractivity contribution in [2.45, 2.75) is 11.0 Å². The van der Waals surface area contributed by atoms with Gasteiger partial charge in [0.2, 0.25) is 0 Å². The summed E-state index contributed by atoms with van der Waals surface area (Å²) in [6.07, 6.45) is -1.68. The van der Waals surface area contributed by atoms with Gasteiger partial charge in [0.15, 0.2) is 0 Å². The van der Waals surface area contributed by atoms with Crippen LogP contribution in [0.2, 0.25) is 0 Å². The van der Waals surface area contributed by atoms with Gasteiger partial charge < -0.3 is 0 Å². The van der Waals surface area contributed by atoms with Crippen molar-refractivity contribution in [3.05, 3.63) is 34.0 Å². The maximum absolute atomic E-state index is 12.3. The fourth-order valence-corrected chi connectivity index (χ4v) is 1.64. The Bertz CT molecular complexity index is 311. The molecule has 0 spiro atoms. The van der Waals surface area contributed by atoms with Gasteiger partial charge in [0.05, 0.1) is 10.8 Å². The van der Waals surface area contributed by atoms with Gasteiger partial charge in [-0.25, -0.2) is 0 Å². The monoisotopic (exact) mass is 271 g/mol. The molecule has 14 heavy (non-hydrogen) atoms. The highest BCUT2D eigenvalue weighted by Crippen LogP contribution is 2.36. The standard InChI is InChI=1S/C7H5BrF3NO2/c8-6-2-1-4(12(13)14)3-5(6)7(9,10)11/h1-3,5-6H. The fraction of sp³-hybridized carbons (Fsp3) is 0.429. The highest BCUT2D eigenvalue weighted by Gasteiger charge is 2.44. The molecule has 0 saturated carbocycles. The second-order valence-electron chi connectivity index (χ2n) is 2.72. The van der Waals surface area contributed by atoms with Crippen LogP contribution in [0.4, 0.5) is 13.2 Å². The summed E-state index contributed by atoms with van der Waals surface area (Å²) < 4.78 is 36.9. The number of nitro groups is 1. The summed E-state index contributed by atoms with van der Waals surface area (Å²) in [7, 11) is 0. The van der Waals surface area contributed by atoms with Gasteiger partial charge in [-0.3, -0.25) is 10.1 Å². The molecule has 0 aliphatic heterocycles. The lowest BCUT2D eigenvalue weighted by Crippen LogP contribution is -2.30. The molecule has 0 amide bonds. The fourth-order valence-electron chi connectivity index (χ4n) is 1.04. The molecule has 2 atom stereocenters. The summed E-state index contributed by atoms with van der Waals surface area (Å²) in [5.74, 6) is -1.84. The molecule has 0 saturated heterocycles. The number of halogens is 4. The van der Waals surface area contributed by atoms with E-state index in [2.05, 4.69) is 15.9 Å². The summed E-state index contributed by atoms with van der Waals surface area (Å²) in [4.78, 5) is 8.46. The number of allylic oxidation sites excluding steroid dienone is 3. The van der Waals surface area contributed by atoms with Crippen molar-refractivity contribution in [3.8, 4) is 0 Å². The Hall–Kier alpha value is -0.850. The summed E-state index contributed by atoms with van der Waals surface area (Å²) in [6.45, 7) is 0. The van der Waals surface area contributed by atoms with Crippen molar-refractivity contribution in [3.63, 3.8) is 0 Å². The lowest BCUT2D eigenvalue weighted by atomic mass is 9.99. The topological polar surface area (TPSA) is 43.1 Å². The number of nitrogens with zero attached hydrogens (tertiary/aromatic N) is 1. The number of rotatable bonds is 1. The summed E-state index contributed by atoms with van der Waals surface area (Å²) in [5, 5.41) is 10.2. The van der Waals surface area contributed by atoms with Crippen LogP contribution < -0.4 is 0 Å². The first-order valence-corrected chi connectivity index (χ1v) is 4.49. The first-order chi connectivity index (χ1) is 6.32. The second-order valence-corrected chi connectivity index (χ2v) is 3.78. The Morgan fingerprint density at radius 3 is 2.50 bits per heavy atom. The average Bonchev–Trinajstić information content (AvgIpc) is 2.02. The molecule has 0 heterocycles. The van der Waals surface area contributed by atoms with Gasteiger partial charge in [0.1, 0.15) is 0 Å². The molecule has 1 rings (SSSR count). The van der Waals surface area contributed by atoms with Crippen LogP contribution in [-0.2, 0) is 0 Å². The van der Waals surface area contributed by atoms with Crippen molar-refractivity contribution < 1.29 is 18.1 Å². The van der Waals surface area contributed by atoms with Crippen LogP contribution in [0.25, 0.3) is 0 Å². The molecule has 0 radical (unpaired) electrons. The maximum atomic E-state index is 12.3. The van der Waals surface area contributed by atoms with E-state index in [-0.39, 0.29) is 0 Å². The van der Waals surface area contributed by atoms with Crippen molar-refractivity contribution in [2.24, 2.45) is 5.92 Å². The lowest BCUT2D eigenvalue weighted by Gasteiger charge is -2.21. The molecule has 2 unspecified atom stereocenters. The lowest BCUT2D eigenvalue weighted by molar-refractivity contribution is -0.420. The van der Waals surface area contributed by atoms with Crippen LogP contribution in [0.3, 0.4) is 0 Å².